The smallest absolute Gasteiger partial charge is 0.277 e. The summed E-state index contributed by atoms with van der Waals surface area (Å²) in [5.74, 6) is 1.07. The van der Waals surface area contributed by atoms with Crippen molar-refractivity contribution in [1.29, 1.82) is 0 Å². The van der Waals surface area contributed by atoms with Gasteiger partial charge in [-0.15, -0.1) is 0 Å². The van der Waals surface area contributed by atoms with Gasteiger partial charge in [-0.25, -0.2) is 5.43 Å². The van der Waals surface area contributed by atoms with Crippen molar-refractivity contribution in [2.75, 3.05) is 13.7 Å². The number of hydrogen-bond donors (Lipinski definition) is 1. The molecule has 0 heterocycles. The fourth-order valence-corrected chi connectivity index (χ4v) is 1.99. The maximum atomic E-state index is 11.8. The minimum atomic E-state index is -0.322. The number of rotatable bonds is 6. The molecule has 0 spiro atoms. The van der Waals surface area contributed by atoms with E-state index < -0.39 is 0 Å². The number of carbonyl (C=O) groups excluding carboxylic acids is 1. The average molecular weight is 312 g/mol. The number of nitrogens with one attached hydrogen (secondary N) is 1. The molecule has 2 aromatic rings. The van der Waals surface area contributed by atoms with Crippen LogP contribution in [-0.2, 0) is 4.79 Å². The molecule has 0 aliphatic heterocycles. The van der Waals surface area contributed by atoms with Gasteiger partial charge in [0.2, 0.25) is 0 Å². The number of para-hydroxylation sites is 1. The fourth-order valence-electron chi connectivity index (χ4n) is 1.99. The molecule has 0 saturated heterocycles. The number of aryl methyl sites for hydroxylation is 2. The van der Waals surface area contributed by atoms with E-state index in [1.54, 1.807) is 7.11 Å². The van der Waals surface area contributed by atoms with Crippen molar-refractivity contribution in [2.24, 2.45) is 5.10 Å². The van der Waals surface area contributed by atoms with E-state index in [4.69, 9.17) is 9.47 Å². The van der Waals surface area contributed by atoms with E-state index in [2.05, 4.69) is 10.5 Å². The Morgan fingerprint density at radius 2 is 1.96 bits per heavy atom. The number of nitrogens with zero attached hydrogens (tertiary/aromatic N) is 1. The van der Waals surface area contributed by atoms with E-state index in [0.29, 0.717) is 11.5 Å². The molecule has 0 saturated carbocycles. The lowest BCUT2D eigenvalue weighted by Gasteiger charge is -2.09. The Labute approximate surface area is 135 Å². The molecule has 0 bridgehead atoms. The minimum Gasteiger partial charge on any atom is -0.496 e. The van der Waals surface area contributed by atoms with Crippen LogP contribution in [0.3, 0.4) is 0 Å². The zero-order valence-corrected chi connectivity index (χ0v) is 13.5. The van der Waals surface area contributed by atoms with Gasteiger partial charge in [0, 0.05) is 5.56 Å². The van der Waals surface area contributed by atoms with Gasteiger partial charge in [0.15, 0.2) is 6.61 Å². The summed E-state index contributed by atoms with van der Waals surface area (Å²) in [6, 6.07) is 13.3. The number of carbonyl (C=O) groups is 1. The first-order chi connectivity index (χ1) is 11.1. The number of methoxy groups -OCH3 is 1. The van der Waals surface area contributed by atoms with Gasteiger partial charge in [-0.3, -0.25) is 4.79 Å². The maximum Gasteiger partial charge on any atom is 0.277 e. The monoisotopic (exact) mass is 312 g/mol. The average Bonchev–Trinajstić information content (AvgIpc) is 2.56. The lowest BCUT2D eigenvalue weighted by molar-refractivity contribution is -0.123. The number of ether oxygens (including phenoxy) is 2. The number of hydrogen-bond acceptors (Lipinski definition) is 4. The number of amides is 1. The lowest BCUT2D eigenvalue weighted by atomic mass is 10.1. The minimum absolute atomic E-state index is 0.0897. The Morgan fingerprint density at radius 3 is 2.74 bits per heavy atom. The molecule has 2 rings (SSSR count). The Hall–Kier alpha value is -2.82. The molecule has 0 aliphatic rings. The molecule has 0 aliphatic carbocycles. The highest BCUT2D eigenvalue weighted by Gasteiger charge is 2.04. The van der Waals surface area contributed by atoms with Gasteiger partial charge in [0.1, 0.15) is 11.5 Å². The van der Waals surface area contributed by atoms with Gasteiger partial charge < -0.3 is 9.47 Å². The largest absolute Gasteiger partial charge is 0.496 e. The molecule has 0 unspecified atom stereocenters. The highest BCUT2D eigenvalue weighted by Crippen LogP contribution is 2.18. The SMILES string of the molecule is COc1ccccc1C=NNC(=O)COc1cc(C)ccc1C. The van der Waals surface area contributed by atoms with E-state index in [0.717, 1.165) is 16.7 Å². The first kappa shape index (κ1) is 16.5. The second-order valence-electron chi connectivity index (χ2n) is 5.09. The summed E-state index contributed by atoms with van der Waals surface area (Å²) in [7, 11) is 1.59. The van der Waals surface area contributed by atoms with Crippen LogP contribution in [0.5, 0.6) is 11.5 Å². The third-order valence-corrected chi connectivity index (χ3v) is 3.23. The van der Waals surface area contributed by atoms with Crippen LogP contribution >= 0.6 is 0 Å². The Balaban J connectivity index is 1.88. The Kier molecular flexibility index (Phi) is 5.74. The molecular formula is C18H20N2O3. The van der Waals surface area contributed by atoms with Crippen LogP contribution in [0.1, 0.15) is 16.7 Å². The van der Waals surface area contributed by atoms with Crippen LogP contribution in [-0.4, -0.2) is 25.8 Å². The van der Waals surface area contributed by atoms with Gasteiger partial charge in [0.05, 0.1) is 13.3 Å². The molecule has 0 radical (unpaired) electrons. The summed E-state index contributed by atoms with van der Waals surface area (Å²) in [5.41, 5.74) is 5.29. The van der Waals surface area contributed by atoms with Crippen molar-refractivity contribution in [2.45, 2.75) is 13.8 Å². The summed E-state index contributed by atoms with van der Waals surface area (Å²) in [6.45, 7) is 3.82. The Morgan fingerprint density at radius 1 is 1.17 bits per heavy atom. The van der Waals surface area contributed by atoms with Crippen LogP contribution in [0.25, 0.3) is 0 Å². The summed E-state index contributed by atoms with van der Waals surface area (Å²) < 4.78 is 10.7. The molecule has 1 amide bonds. The summed E-state index contributed by atoms with van der Waals surface area (Å²) >= 11 is 0. The molecule has 120 valence electrons. The van der Waals surface area contributed by atoms with E-state index in [1.807, 2.05) is 56.3 Å². The van der Waals surface area contributed by atoms with Gasteiger partial charge in [-0.1, -0.05) is 24.3 Å². The molecule has 5 nitrogen and oxygen atoms in total. The van der Waals surface area contributed by atoms with Crippen molar-refractivity contribution in [3.05, 3.63) is 59.2 Å². The van der Waals surface area contributed by atoms with E-state index in [-0.39, 0.29) is 12.5 Å². The van der Waals surface area contributed by atoms with Crippen molar-refractivity contribution >= 4 is 12.1 Å². The van der Waals surface area contributed by atoms with E-state index in [9.17, 15) is 4.79 Å². The highest BCUT2D eigenvalue weighted by molar-refractivity contribution is 5.85. The zero-order valence-electron chi connectivity index (χ0n) is 13.5. The maximum absolute atomic E-state index is 11.8. The Bertz CT molecular complexity index is 711. The van der Waals surface area contributed by atoms with Crippen molar-refractivity contribution in [1.82, 2.24) is 5.43 Å². The van der Waals surface area contributed by atoms with Crippen molar-refractivity contribution in [3.8, 4) is 11.5 Å². The number of benzene rings is 2. The fraction of sp³-hybridized carbons (Fsp3) is 0.222. The predicted molar refractivity (Wildman–Crippen MR) is 90.1 cm³/mol. The standard InChI is InChI=1S/C18H20N2O3/c1-13-8-9-14(2)17(10-13)23-12-18(21)20-19-11-15-6-4-5-7-16(15)22-3/h4-11H,12H2,1-3H3,(H,20,21). The van der Waals surface area contributed by atoms with Gasteiger partial charge in [0.25, 0.3) is 5.91 Å². The van der Waals surface area contributed by atoms with Crippen LogP contribution in [0.4, 0.5) is 0 Å². The summed E-state index contributed by atoms with van der Waals surface area (Å²) in [6.07, 6.45) is 1.54. The third-order valence-electron chi connectivity index (χ3n) is 3.23. The molecule has 23 heavy (non-hydrogen) atoms. The zero-order chi connectivity index (χ0) is 16.7. The first-order valence-electron chi connectivity index (χ1n) is 7.25. The third kappa shape index (κ3) is 4.85. The molecule has 1 N–H and O–H groups in total. The quantitative estimate of drug-likeness (QED) is 0.659. The number of hydrazone groups is 1. The van der Waals surface area contributed by atoms with Crippen LogP contribution in [0.15, 0.2) is 47.6 Å². The normalized spacial score (nSPS) is 10.6. The summed E-state index contributed by atoms with van der Waals surface area (Å²) in [5, 5.41) is 3.92. The van der Waals surface area contributed by atoms with Crippen LogP contribution in [0.2, 0.25) is 0 Å². The van der Waals surface area contributed by atoms with Crippen molar-refractivity contribution < 1.29 is 14.3 Å². The second kappa shape index (κ2) is 7.98. The molecular weight excluding hydrogens is 292 g/mol. The second-order valence-corrected chi connectivity index (χ2v) is 5.09. The van der Waals surface area contributed by atoms with E-state index >= 15 is 0 Å². The molecule has 2 aromatic carbocycles. The molecule has 0 atom stereocenters. The van der Waals surface area contributed by atoms with Crippen LogP contribution in [0, 0.1) is 13.8 Å². The summed E-state index contributed by atoms with van der Waals surface area (Å²) in [4.78, 5) is 11.8. The molecule has 5 heteroatoms. The lowest BCUT2D eigenvalue weighted by Crippen LogP contribution is -2.24. The molecule has 0 aromatic heterocycles. The van der Waals surface area contributed by atoms with Gasteiger partial charge in [-0.2, -0.15) is 5.10 Å². The molecule has 0 fully saturated rings. The first-order valence-corrected chi connectivity index (χ1v) is 7.25. The van der Waals surface area contributed by atoms with Crippen LogP contribution < -0.4 is 14.9 Å². The predicted octanol–water partition coefficient (Wildman–Crippen LogP) is 2.84. The van der Waals surface area contributed by atoms with E-state index in [1.165, 1.54) is 6.21 Å². The van der Waals surface area contributed by atoms with Gasteiger partial charge in [-0.05, 0) is 43.2 Å². The topological polar surface area (TPSA) is 59.9 Å². The highest BCUT2D eigenvalue weighted by atomic mass is 16.5. The van der Waals surface area contributed by atoms with Gasteiger partial charge >= 0.3 is 0 Å². The van der Waals surface area contributed by atoms with Crippen molar-refractivity contribution in [3.63, 3.8) is 0 Å².